The number of ether oxygens (including phenoxy) is 2. The molecule has 8 nitrogen and oxygen atoms in total. The summed E-state index contributed by atoms with van der Waals surface area (Å²) in [7, 11) is 0. The highest BCUT2D eigenvalue weighted by Crippen LogP contribution is 2.49. The summed E-state index contributed by atoms with van der Waals surface area (Å²) in [4.78, 5) is 38.2. The van der Waals surface area contributed by atoms with Crippen molar-refractivity contribution >= 4 is 34.2 Å². The van der Waals surface area contributed by atoms with Gasteiger partial charge in [-0.2, -0.15) is 0 Å². The van der Waals surface area contributed by atoms with Gasteiger partial charge in [-0.25, -0.2) is 4.79 Å². The van der Waals surface area contributed by atoms with E-state index in [4.69, 9.17) is 14.5 Å². The first-order valence-corrected chi connectivity index (χ1v) is 18.1. The van der Waals surface area contributed by atoms with Gasteiger partial charge in [0.2, 0.25) is 0 Å². The molecule has 1 N–H and O–H groups in total. The molecule has 4 heterocycles. The molecule has 4 aromatic rings. The number of aromatic nitrogens is 1. The van der Waals surface area contributed by atoms with Crippen molar-refractivity contribution in [1.29, 1.82) is 0 Å². The normalized spacial score (nSPS) is 19.5. The van der Waals surface area contributed by atoms with Crippen molar-refractivity contribution in [3.63, 3.8) is 0 Å². The predicted octanol–water partition coefficient (Wildman–Crippen LogP) is 8.24. The average Bonchev–Trinajstić information content (AvgIpc) is 3.40. The summed E-state index contributed by atoms with van der Waals surface area (Å²) in [5.41, 5.74) is 3.68. The minimum atomic E-state index is -0.542. The molecule has 7 rings (SSSR count). The van der Waals surface area contributed by atoms with Crippen molar-refractivity contribution < 1.29 is 19.1 Å². The maximum absolute atomic E-state index is 14.0. The number of aryl methyl sites for hydroxylation is 1. The van der Waals surface area contributed by atoms with Crippen molar-refractivity contribution in [3.05, 3.63) is 82.4 Å². The van der Waals surface area contributed by atoms with Crippen molar-refractivity contribution in [3.8, 4) is 16.2 Å². The van der Waals surface area contributed by atoms with Crippen molar-refractivity contribution in [2.24, 2.45) is 0 Å². The van der Waals surface area contributed by atoms with Gasteiger partial charge in [0.05, 0.1) is 17.1 Å². The summed E-state index contributed by atoms with van der Waals surface area (Å²) >= 11 is 1.86. The molecule has 2 aliphatic heterocycles. The molecule has 3 aliphatic rings. The Balaban J connectivity index is 1.09. The molecule has 0 spiro atoms. The maximum atomic E-state index is 14.0. The SMILES string of the molecule is Cc1ccc(OC[C@@H]2CCN2C(=O)OC(C)(C)C)cc1C(=O)NC1(c2cc(-c3ccc(C(C)N4CCCC4)s3)cc3ncccc23)CC1. The van der Waals surface area contributed by atoms with Crippen LogP contribution in [0, 0.1) is 6.92 Å². The molecule has 1 saturated carbocycles. The highest BCUT2D eigenvalue weighted by atomic mass is 32.1. The number of hydrogen-bond donors (Lipinski definition) is 1. The van der Waals surface area contributed by atoms with Gasteiger partial charge in [0.1, 0.15) is 18.0 Å². The predicted molar refractivity (Wildman–Crippen MR) is 191 cm³/mol. The lowest BCUT2D eigenvalue weighted by Crippen LogP contribution is -2.55. The summed E-state index contributed by atoms with van der Waals surface area (Å²) < 4.78 is 11.7. The van der Waals surface area contributed by atoms with Crippen LogP contribution >= 0.6 is 11.3 Å². The third kappa shape index (κ3) is 6.67. The van der Waals surface area contributed by atoms with Gasteiger partial charge < -0.3 is 19.7 Å². The summed E-state index contributed by atoms with van der Waals surface area (Å²) in [5.74, 6) is 0.495. The van der Waals surface area contributed by atoms with E-state index in [0.717, 1.165) is 46.9 Å². The van der Waals surface area contributed by atoms with E-state index in [0.29, 0.717) is 30.5 Å². The molecule has 2 aromatic carbocycles. The molecule has 0 radical (unpaired) electrons. The first-order valence-electron chi connectivity index (χ1n) is 17.3. The van der Waals surface area contributed by atoms with Crippen LogP contribution in [0.25, 0.3) is 21.3 Å². The second kappa shape index (κ2) is 12.8. The second-order valence-electron chi connectivity index (χ2n) is 14.7. The van der Waals surface area contributed by atoms with Gasteiger partial charge >= 0.3 is 6.09 Å². The topological polar surface area (TPSA) is 84.0 Å². The van der Waals surface area contributed by atoms with Crippen LogP contribution in [0.1, 0.15) is 92.2 Å². The minimum absolute atomic E-state index is 0.0508. The molecule has 252 valence electrons. The van der Waals surface area contributed by atoms with Crippen LogP contribution in [0.4, 0.5) is 4.79 Å². The quantitative estimate of drug-likeness (QED) is 0.194. The van der Waals surface area contributed by atoms with E-state index in [1.165, 1.54) is 35.7 Å². The van der Waals surface area contributed by atoms with Crippen LogP contribution in [0.15, 0.2) is 60.8 Å². The van der Waals surface area contributed by atoms with E-state index < -0.39 is 11.1 Å². The van der Waals surface area contributed by atoms with E-state index in [1.807, 2.05) is 69.5 Å². The number of benzene rings is 2. The molecule has 9 heteroatoms. The van der Waals surface area contributed by atoms with E-state index in [-0.39, 0.29) is 18.0 Å². The van der Waals surface area contributed by atoms with Gasteiger partial charge in [0.15, 0.2) is 0 Å². The summed E-state index contributed by atoms with van der Waals surface area (Å²) in [6, 6.07) is 19.1. The maximum Gasteiger partial charge on any atom is 0.410 e. The molecular formula is C39H46N4O4S. The molecular weight excluding hydrogens is 621 g/mol. The standard InChI is InChI=1S/C39H46N4O4S/c1-25-10-11-29(46-24-28-14-20-43(28)37(45)47-38(3,4)5)23-31(25)36(44)41-39(15-16-39)32-21-27(22-33-30(32)9-8-17-40-33)35-13-12-34(48-35)26(2)42-18-6-7-19-42/h8-13,17,21-23,26,28H,6-7,14-16,18-20,24H2,1-5H3,(H,41,44)/t26?,28-/m0/s1. The Morgan fingerprint density at radius 3 is 2.56 bits per heavy atom. The van der Waals surface area contributed by atoms with Gasteiger partial charge in [-0.15, -0.1) is 11.3 Å². The fourth-order valence-corrected chi connectivity index (χ4v) is 8.02. The molecule has 0 bridgehead atoms. The molecule has 2 atom stereocenters. The zero-order valence-electron chi connectivity index (χ0n) is 28.7. The molecule has 1 aliphatic carbocycles. The van der Waals surface area contributed by atoms with E-state index in [2.05, 4.69) is 47.5 Å². The van der Waals surface area contributed by atoms with E-state index in [1.54, 1.807) is 4.90 Å². The van der Waals surface area contributed by atoms with E-state index in [9.17, 15) is 9.59 Å². The van der Waals surface area contributed by atoms with Crippen LogP contribution in [0.2, 0.25) is 0 Å². The number of fused-ring (bicyclic) bond motifs is 1. The van der Waals surface area contributed by atoms with Crippen LogP contribution in [-0.4, -0.2) is 64.7 Å². The Labute approximate surface area is 287 Å². The monoisotopic (exact) mass is 666 g/mol. The zero-order chi connectivity index (χ0) is 33.6. The molecule has 3 fully saturated rings. The molecule has 48 heavy (non-hydrogen) atoms. The van der Waals surface area contributed by atoms with Crippen LogP contribution in [-0.2, 0) is 10.3 Å². The fraction of sp³-hybridized carbons (Fsp3) is 0.462. The van der Waals surface area contributed by atoms with Crippen LogP contribution in [0.5, 0.6) is 5.75 Å². The van der Waals surface area contributed by atoms with Crippen LogP contribution in [0.3, 0.4) is 0 Å². The summed E-state index contributed by atoms with van der Waals surface area (Å²) in [5, 5.41) is 4.51. The Bertz CT molecular complexity index is 1840. The van der Waals surface area contributed by atoms with Gasteiger partial charge in [-0.3, -0.25) is 14.7 Å². The van der Waals surface area contributed by atoms with Crippen LogP contribution < -0.4 is 10.1 Å². The third-order valence-corrected chi connectivity index (χ3v) is 11.3. The zero-order valence-corrected chi connectivity index (χ0v) is 29.5. The molecule has 2 saturated heterocycles. The third-order valence-electron chi connectivity index (χ3n) is 10.0. The number of amides is 2. The Kier molecular flexibility index (Phi) is 8.71. The van der Waals surface area contributed by atoms with Crippen molar-refractivity contribution in [1.82, 2.24) is 20.1 Å². The van der Waals surface area contributed by atoms with Gasteiger partial charge in [0.25, 0.3) is 5.91 Å². The highest BCUT2D eigenvalue weighted by molar-refractivity contribution is 7.15. The lowest BCUT2D eigenvalue weighted by molar-refractivity contribution is -0.0141. The lowest BCUT2D eigenvalue weighted by Gasteiger charge is -2.41. The molecule has 2 amide bonds. The largest absolute Gasteiger partial charge is 0.491 e. The number of rotatable bonds is 9. The second-order valence-corrected chi connectivity index (χ2v) is 15.8. The summed E-state index contributed by atoms with van der Waals surface area (Å²) in [6.45, 7) is 13.2. The fourth-order valence-electron chi connectivity index (χ4n) is 6.94. The number of hydrogen-bond acceptors (Lipinski definition) is 7. The number of nitrogens with one attached hydrogen (secondary N) is 1. The Hall–Kier alpha value is -3.95. The smallest absolute Gasteiger partial charge is 0.410 e. The van der Waals surface area contributed by atoms with E-state index >= 15 is 0 Å². The highest BCUT2D eigenvalue weighted by Gasteiger charge is 2.47. The summed E-state index contributed by atoms with van der Waals surface area (Å²) in [6.07, 6.45) is 6.67. The number of carbonyl (C=O) groups is 2. The number of pyridine rings is 1. The minimum Gasteiger partial charge on any atom is -0.491 e. The lowest BCUT2D eigenvalue weighted by atomic mass is 9.95. The van der Waals surface area contributed by atoms with Crippen molar-refractivity contribution in [2.45, 2.75) is 89.9 Å². The van der Waals surface area contributed by atoms with Gasteiger partial charge in [0, 0.05) is 39.5 Å². The van der Waals surface area contributed by atoms with Gasteiger partial charge in [-0.05, 0) is 139 Å². The number of thiophene rings is 1. The number of likely N-dealkylation sites (tertiary alicyclic amines) is 2. The van der Waals surface area contributed by atoms with Gasteiger partial charge in [-0.1, -0.05) is 12.1 Å². The first kappa shape index (κ1) is 32.6. The molecule has 2 aromatic heterocycles. The average molecular weight is 667 g/mol. The number of carbonyl (C=O) groups excluding carboxylic acids is 2. The van der Waals surface area contributed by atoms with Crippen molar-refractivity contribution in [2.75, 3.05) is 26.2 Å². The molecule has 1 unspecified atom stereocenters. The first-order chi connectivity index (χ1) is 23.0. The Morgan fingerprint density at radius 1 is 1.06 bits per heavy atom. The number of nitrogens with zero attached hydrogens (tertiary/aromatic N) is 3. The Morgan fingerprint density at radius 2 is 1.85 bits per heavy atom.